The number of H-pyrrole nitrogens is 1. The average molecular weight is 682 g/mol. The molecular formula is C23H24FN10O8P2S+. The number of ether oxygens (including phenoxy) is 1. The number of rotatable bonds is 2. The van der Waals surface area contributed by atoms with Crippen molar-refractivity contribution in [1.29, 1.82) is 0 Å². The topological polar surface area (TPSA) is 221 Å². The molecular weight excluding hydrogens is 657 g/mol. The van der Waals surface area contributed by atoms with E-state index in [1.165, 1.54) is 27.8 Å². The number of aromatic nitrogens is 9. The number of hydrogen-bond donors (Lipinski definition) is 3. The van der Waals surface area contributed by atoms with Crippen LogP contribution in [0.5, 0.6) is 0 Å². The Bertz CT molecular complexity index is 2070. The summed E-state index contributed by atoms with van der Waals surface area (Å²) in [5.41, 5.74) is 6.70. The largest absolute Gasteiger partial charge is 0.697 e. The highest BCUT2D eigenvalue weighted by molar-refractivity contribution is 8.07. The van der Waals surface area contributed by atoms with Gasteiger partial charge in [0.15, 0.2) is 29.4 Å². The molecule has 3 fully saturated rings. The first kappa shape index (κ1) is 29.1. The van der Waals surface area contributed by atoms with E-state index in [0.717, 1.165) is 0 Å². The van der Waals surface area contributed by atoms with E-state index in [9.17, 15) is 14.3 Å². The van der Waals surface area contributed by atoms with E-state index in [4.69, 9.17) is 40.4 Å². The van der Waals surface area contributed by atoms with Crippen molar-refractivity contribution in [2.24, 2.45) is 11.8 Å². The van der Waals surface area contributed by atoms with Crippen LogP contribution in [0.3, 0.4) is 0 Å². The summed E-state index contributed by atoms with van der Waals surface area (Å²) >= 11 is 5.28. The second kappa shape index (κ2) is 10.9. The minimum atomic E-state index is -4.01. The van der Waals surface area contributed by atoms with Gasteiger partial charge in [-0.3, -0.25) is 13.9 Å². The normalized spacial score (nSPS) is 33.7. The van der Waals surface area contributed by atoms with Crippen molar-refractivity contribution < 1.29 is 36.7 Å². The van der Waals surface area contributed by atoms with E-state index in [2.05, 4.69) is 29.9 Å². The number of anilines is 1. The fourth-order valence-electron chi connectivity index (χ4n) is 6.14. The number of imidazole rings is 3. The maximum atomic E-state index is 16.0. The Labute approximate surface area is 256 Å². The molecule has 0 radical (unpaired) electrons. The van der Waals surface area contributed by atoms with E-state index in [1.807, 2.05) is 0 Å². The summed E-state index contributed by atoms with van der Waals surface area (Å²) in [7, 11) is -2.67. The van der Waals surface area contributed by atoms with Gasteiger partial charge in [-0.05, 0) is 24.1 Å². The summed E-state index contributed by atoms with van der Waals surface area (Å²) in [6.45, 7) is -4.50. The first-order valence-electron chi connectivity index (χ1n) is 13.7. The zero-order chi connectivity index (χ0) is 31.0. The van der Waals surface area contributed by atoms with Crippen molar-refractivity contribution in [1.82, 2.24) is 43.4 Å². The van der Waals surface area contributed by atoms with E-state index < -0.39 is 46.2 Å². The van der Waals surface area contributed by atoms with Gasteiger partial charge in [0.25, 0.3) is 5.56 Å². The summed E-state index contributed by atoms with van der Waals surface area (Å²) in [6.07, 6.45) is 1.77. The van der Waals surface area contributed by atoms with Crippen LogP contribution in [0.25, 0.3) is 28.1 Å². The Morgan fingerprint density at radius 2 is 1.91 bits per heavy atom. The predicted molar refractivity (Wildman–Crippen MR) is 155 cm³/mol. The number of nitrogens with one attached hydrogen (secondary N) is 1. The minimum Gasteiger partial charge on any atom is -0.382 e. The molecule has 5 aromatic heterocycles. The van der Waals surface area contributed by atoms with Gasteiger partial charge in [0.05, 0.1) is 19.3 Å². The Morgan fingerprint density at radius 1 is 1.11 bits per heavy atom. The number of nitrogen functional groups attached to an aromatic ring is 1. The molecule has 1 saturated carbocycles. The van der Waals surface area contributed by atoms with Crippen LogP contribution >= 0.6 is 15.0 Å². The molecule has 0 aromatic carbocycles. The summed E-state index contributed by atoms with van der Waals surface area (Å²) in [5.74, 6) is -0.0835. The first-order valence-corrected chi connectivity index (χ1v) is 17.4. The van der Waals surface area contributed by atoms with Gasteiger partial charge in [-0.15, -0.1) is 9.05 Å². The number of aromatic amines is 1. The van der Waals surface area contributed by atoms with E-state index in [-0.39, 0.29) is 59.1 Å². The second-order valence-electron chi connectivity index (χ2n) is 10.9. The third-order valence-electron chi connectivity index (χ3n) is 8.44. The monoisotopic (exact) mass is 681 g/mol. The molecule has 22 heteroatoms. The fraction of sp³-hybridized carbons (Fsp3) is 0.478. The Morgan fingerprint density at radius 3 is 2.78 bits per heavy atom. The van der Waals surface area contributed by atoms with Gasteiger partial charge in [0, 0.05) is 28.9 Å². The number of fused-ring (bicyclic) bond motifs is 5. The lowest BCUT2D eigenvalue weighted by molar-refractivity contribution is -0.0409. The molecule has 2 aliphatic heterocycles. The highest BCUT2D eigenvalue weighted by Gasteiger charge is 2.52. The molecule has 2 unspecified atom stereocenters. The maximum Gasteiger partial charge on any atom is 0.697 e. The van der Waals surface area contributed by atoms with Gasteiger partial charge in [0.1, 0.15) is 42.9 Å². The molecule has 236 valence electrons. The van der Waals surface area contributed by atoms with Crippen LogP contribution < -0.4 is 11.3 Å². The van der Waals surface area contributed by atoms with Crippen LogP contribution in [0.15, 0.2) is 36.2 Å². The van der Waals surface area contributed by atoms with Crippen LogP contribution in [0.4, 0.5) is 10.2 Å². The highest BCUT2D eigenvalue weighted by Crippen LogP contribution is 2.53. The summed E-state index contributed by atoms with van der Waals surface area (Å²) in [6, 6.07) is -0.246. The van der Waals surface area contributed by atoms with Gasteiger partial charge in [-0.2, -0.15) is 0 Å². The van der Waals surface area contributed by atoms with Crippen LogP contribution in [-0.4, -0.2) is 86.5 Å². The number of nitrogens with two attached hydrogens (primary N) is 1. The molecule has 0 spiro atoms. The molecule has 0 bridgehead atoms. The van der Waals surface area contributed by atoms with Crippen molar-refractivity contribution in [3.63, 3.8) is 0 Å². The lowest BCUT2D eigenvalue weighted by Crippen LogP contribution is -2.43. The molecule has 7 heterocycles. The SMILES string of the molecule is Nc1ncnc2c1ncn2[C@@H]1O[C@@H]2CO[P+](=O)OC[C@@H]3[C@@H](COP(O)(=S)O[C@H]2[C@H]1F)C[C@H]3n1cnc2c(=O)n3ccnc3[nH]c21. The van der Waals surface area contributed by atoms with Crippen LogP contribution in [-0.2, 0) is 39.2 Å². The lowest BCUT2D eigenvalue weighted by atomic mass is 9.70. The molecule has 2 saturated heterocycles. The van der Waals surface area contributed by atoms with Crippen LogP contribution in [0.2, 0.25) is 0 Å². The molecule has 45 heavy (non-hydrogen) atoms. The predicted octanol–water partition coefficient (Wildman–Crippen LogP) is 1.53. The van der Waals surface area contributed by atoms with Crippen molar-refractivity contribution in [2.75, 3.05) is 25.6 Å². The Kier molecular flexibility index (Phi) is 7.05. The molecule has 4 N–H and O–H groups in total. The van der Waals surface area contributed by atoms with E-state index in [0.29, 0.717) is 17.8 Å². The second-order valence-corrected chi connectivity index (χ2v) is 14.6. The number of hydrogen-bond acceptors (Lipinski definition) is 14. The minimum absolute atomic E-state index is 0.0238. The smallest absolute Gasteiger partial charge is 0.382 e. The molecule has 9 atom stereocenters. The molecule has 8 rings (SSSR count). The summed E-state index contributed by atoms with van der Waals surface area (Å²) in [5, 5.41) is 0. The third kappa shape index (κ3) is 4.88. The molecule has 5 aromatic rings. The number of alkyl halides is 1. The van der Waals surface area contributed by atoms with E-state index in [1.54, 1.807) is 17.1 Å². The maximum absolute atomic E-state index is 16.0. The Hall–Kier alpha value is -3.32. The standard InChI is InChI=1S/C23H23FN10O8P2S/c24-14-17-13(41-22(14)34-9-29-15-18(25)27-7-28-19(15)34)6-39-43(36)38-5-11-10(4-40-44(37,45)42-17)3-12(11)33-8-30-16-20(33)31-23-26-1-2-32(23)21(16)35/h1-2,7-14,17,22H,3-6H2,(H3-,25,26,27,28,31,35,37,45)/p+1/t10-,11-,12-,13-,14-,17-,22-,44?/m1/s1. The zero-order valence-corrected chi connectivity index (χ0v) is 25.5. The lowest BCUT2D eigenvalue weighted by Gasteiger charge is -2.44. The summed E-state index contributed by atoms with van der Waals surface area (Å²) < 4.78 is 61.7. The van der Waals surface area contributed by atoms with Gasteiger partial charge in [-0.25, -0.2) is 33.7 Å². The third-order valence-corrected chi connectivity index (χ3v) is 10.7. The van der Waals surface area contributed by atoms with Crippen LogP contribution in [0.1, 0.15) is 18.7 Å². The van der Waals surface area contributed by atoms with Crippen molar-refractivity contribution >= 4 is 60.7 Å². The van der Waals surface area contributed by atoms with E-state index >= 15 is 4.39 Å². The van der Waals surface area contributed by atoms with Crippen molar-refractivity contribution in [2.45, 2.75) is 37.1 Å². The average Bonchev–Trinajstić information content (AvgIpc) is 3.79. The van der Waals surface area contributed by atoms with Gasteiger partial charge < -0.3 is 29.4 Å². The quantitative estimate of drug-likeness (QED) is 0.225. The van der Waals surface area contributed by atoms with Gasteiger partial charge in [-0.1, -0.05) is 0 Å². The molecule has 0 amide bonds. The number of nitrogens with zero attached hydrogens (tertiary/aromatic N) is 8. The van der Waals surface area contributed by atoms with Gasteiger partial charge >= 0.3 is 15.0 Å². The Balaban J connectivity index is 1.04. The molecule has 3 aliphatic rings. The van der Waals surface area contributed by atoms with Crippen LogP contribution in [0, 0.1) is 11.8 Å². The molecule has 18 nitrogen and oxygen atoms in total. The first-order chi connectivity index (χ1) is 21.7. The zero-order valence-electron chi connectivity index (χ0n) is 22.9. The molecule has 1 aliphatic carbocycles. The van der Waals surface area contributed by atoms with Gasteiger partial charge in [0.2, 0.25) is 5.78 Å². The fourth-order valence-corrected chi connectivity index (χ4v) is 8.25. The number of halogens is 1. The highest BCUT2D eigenvalue weighted by atomic mass is 32.5. The van der Waals surface area contributed by atoms with Crippen molar-refractivity contribution in [3.05, 3.63) is 41.7 Å². The van der Waals surface area contributed by atoms with Crippen molar-refractivity contribution in [3.8, 4) is 0 Å². The summed E-state index contributed by atoms with van der Waals surface area (Å²) in [4.78, 5) is 47.6.